The second-order valence-corrected chi connectivity index (χ2v) is 7.04. The summed E-state index contributed by atoms with van der Waals surface area (Å²) in [6.45, 7) is 0. The van der Waals surface area contributed by atoms with Crippen LogP contribution in [-0.2, 0) is 0 Å². The van der Waals surface area contributed by atoms with E-state index in [1.165, 1.54) is 6.33 Å². The molecule has 0 fully saturated rings. The highest BCUT2D eigenvalue weighted by atomic mass is 35.5. The molecule has 0 amide bonds. The summed E-state index contributed by atoms with van der Waals surface area (Å²) in [5.74, 6) is 2.10. The Labute approximate surface area is 192 Å². The normalized spacial score (nSPS) is 11.2. The quantitative estimate of drug-likeness (QED) is 0.372. The van der Waals surface area contributed by atoms with Crippen molar-refractivity contribution in [1.29, 1.82) is 0 Å². The lowest BCUT2D eigenvalue weighted by Gasteiger charge is -2.10. The van der Waals surface area contributed by atoms with Crippen molar-refractivity contribution in [1.82, 2.24) is 39.9 Å². The van der Waals surface area contributed by atoms with Crippen LogP contribution < -0.4 is 4.74 Å². The van der Waals surface area contributed by atoms with Gasteiger partial charge in [-0.3, -0.25) is 4.57 Å². The molecule has 0 atom stereocenters. The molecule has 0 bridgehead atoms. The Morgan fingerprint density at radius 3 is 2.70 bits per heavy atom. The molecule has 5 aromatic rings. The second kappa shape index (κ2) is 8.97. The van der Waals surface area contributed by atoms with E-state index in [0.29, 0.717) is 45.4 Å². The van der Waals surface area contributed by atoms with Gasteiger partial charge in [0.1, 0.15) is 12.0 Å². The van der Waals surface area contributed by atoms with Gasteiger partial charge in [-0.1, -0.05) is 23.7 Å². The van der Waals surface area contributed by atoms with Gasteiger partial charge in [-0.2, -0.15) is 0 Å². The monoisotopic (exact) mass is 458 g/mol. The van der Waals surface area contributed by atoms with E-state index >= 15 is 0 Å². The number of halogens is 1. The van der Waals surface area contributed by atoms with Crippen LogP contribution in [0.5, 0.6) is 5.88 Å². The Kier molecular flexibility index (Phi) is 5.56. The molecule has 1 aromatic carbocycles. The molecule has 10 nitrogen and oxygen atoms in total. The molecular formula is C22H15ClN8O2. The van der Waals surface area contributed by atoms with Crippen LogP contribution in [-0.4, -0.2) is 47.0 Å². The Hall–Kier alpha value is -4.44. The van der Waals surface area contributed by atoms with Gasteiger partial charge in [0.15, 0.2) is 11.6 Å². The zero-order valence-corrected chi connectivity index (χ0v) is 18.0. The van der Waals surface area contributed by atoms with Crippen molar-refractivity contribution in [2.24, 2.45) is 0 Å². The van der Waals surface area contributed by atoms with E-state index in [1.807, 2.05) is 18.2 Å². The highest BCUT2D eigenvalue weighted by molar-refractivity contribution is 6.32. The summed E-state index contributed by atoms with van der Waals surface area (Å²) in [6, 6.07) is 12.6. The molecule has 162 valence electrons. The predicted octanol–water partition coefficient (Wildman–Crippen LogP) is 4.00. The fraction of sp³-hybridized carbons (Fsp3) is 0.0455. The summed E-state index contributed by atoms with van der Waals surface area (Å²) in [5, 5.41) is 17.3. The van der Waals surface area contributed by atoms with Gasteiger partial charge in [0.05, 0.1) is 17.8 Å². The largest absolute Gasteiger partial charge is 0.481 e. The molecule has 0 spiro atoms. The SMILES string of the molecule is COc1cc(-c2nnc(C=Cc3nnc(-c4ccncn4)n3-c3ccccc3Cl)o2)ccn1. The lowest BCUT2D eigenvalue weighted by atomic mass is 10.3. The molecule has 4 aromatic heterocycles. The number of para-hydroxylation sites is 1. The average Bonchev–Trinajstić information content (AvgIpc) is 3.51. The topological polar surface area (TPSA) is 118 Å². The number of pyridine rings is 1. The number of methoxy groups -OCH3 is 1. The Morgan fingerprint density at radius 1 is 0.970 bits per heavy atom. The number of aromatic nitrogens is 8. The van der Waals surface area contributed by atoms with Crippen LogP contribution in [0.4, 0.5) is 0 Å². The molecule has 0 saturated carbocycles. The van der Waals surface area contributed by atoms with Gasteiger partial charge < -0.3 is 9.15 Å². The highest BCUT2D eigenvalue weighted by Crippen LogP contribution is 2.27. The number of nitrogens with zero attached hydrogens (tertiary/aromatic N) is 8. The molecular weight excluding hydrogens is 444 g/mol. The Balaban J connectivity index is 1.52. The first-order valence-electron chi connectivity index (χ1n) is 9.71. The second-order valence-electron chi connectivity index (χ2n) is 6.63. The van der Waals surface area contributed by atoms with Crippen molar-refractivity contribution in [3.8, 4) is 34.5 Å². The molecule has 5 rings (SSSR count). The summed E-state index contributed by atoms with van der Waals surface area (Å²) in [5.41, 5.74) is 2.00. The summed E-state index contributed by atoms with van der Waals surface area (Å²) in [7, 11) is 1.54. The molecule has 0 aliphatic carbocycles. The lowest BCUT2D eigenvalue weighted by molar-refractivity contribution is 0.398. The lowest BCUT2D eigenvalue weighted by Crippen LogP contribution is -2.02. The Morgan fingerprint density at radius 2 is 1.88 bits per heavy atom. The molecule has 0 N–H and O–H groups in total. The third kappa shape index (κ3) is 4.19. The maximum Gasteiger partial charge on any atom is 0.248 e. The minimum Gasteiger partial charge on any atom is -0.481 e. The van der Waals surface area contributed by atoms with E-state index in [-0.39, 0.29) is 5.89 Å². The van der Waals surface area contributed by atoms with Crippen LogP contribution in [0.3, 0.4) is 0 Å². The third-order valence-corrected chi connectivity index (χ3v) is 4.92. The third-order valence-electron chi connectivity index (χ3n) is 4.60. The van der Waals surface area contributed by atoms with Gasteiger partial charge in [-0.15, -0.1) is 20.4 Å². The van der Waals surface area contributed by atoms with Gasteiger partial charge in [0.25, 0.3) is 0 Å². The summed E-state index contributed by atoms with van der Waals surface area (Å²) in [6.07, 6.45) is 8.05. The van der Waals surface area contributed by atoms with Crippen LogP contribution in [0.2, 0.25) is 5.02 Å². The fourth-order valence-electron chi connectivity index (χ4n) is 3.08. The van der Waals surface area contributed by atoms with Crippen molar-refractivity contribution < 1.29 is 9.15 Å². The molecule has 0 unspecified atom stereocenters. The first-order chi connectivity index (χ1) is 16.2. The number of rotatable bonds is 6. The van der Waals surface area contributed by atoms with E-state index in [4.69, 9.17) is 20.8 Å². The molecule has 0 aliphatic heterocycles. The summed E-state index contributed by atoms with van der Waals surface area (Å²) in [4.78, 5) is 12.3. The van der Waals surface area contributed by atoms with Gasteiger partial charge in [0, 0.05) is 30.1 Å². The van der Waals surface area contributed by atoms with E-state index in [9.17, 15) is 0 Å². The summed E-state index contributed by atoms with van der Waals surface area (Å²) >= 11 is 6.47. The number of hydrogen-bond donors (Lipinski definition) is 0. The maximum atomic E-state index is 6.47. The van der Waals surface area contributed by atoms with Crippen LogP contribution in [0.15, 0.2) is 65.6 Å². The first-order valence-corrected chi connectivity index (χ1v) is 10.1. The molecule has 0 saturated heterocycles. The number of ether oxygens (including phenoxy) is 1. The van der Waals surface area contributed by atoms with Crippen molar-refractivity contribution in [3.63, 3.8) is 0 Å². The van der Waals surface area contributed by atoms with Crippen LogP contribution in [0.25, 0.3) is 40.8 Å². The zero-order chi connectivity index (χ0) is 22.6. The predicted molar refractivity (Wildman–Crippen MR) is 120 cm³/mol. The highest BCUT2D eigenvalue weighted by Gasteiger charge is 2.17. The minimum atomic E-state index is 0.290. The van der Waals surface area contributed by atoms with Gasteiger partial charge in [-0.25, -0.2) is 15.0 Å². The average molecular weight is 459 g/mol. The van der Waals surface area contributed by atoms with Crippen LogP contribution in [0, 0.1) is 0 Å². The molecule has 0 radical (unpaired) electrons. The molecule has 0 aliphatic rings. The number of hydrogen-bond acceptors (Lipinski definition) is 9. The first kappa shape index (κ1) is 20.5. The maximum absolute atomic E-state index is 6.47. The van der Waals surface area contributed by atoms with Gasteiger partial charge in [0.2, 0.25) is 17.7 Å². The van der Waals surface area contributed by atoms with Crippen molar-refractivity contribution >= 4 is 23.8 Å². The molecule has 11 heteroatoms. The van der Waals surface area contributed by atoms with Gasteiger partial charge in [-0.05, 0) is 30.3 Å². The molecule has 4 heterocycles. The van der Waals surface area contributed by atoms with Crippen molar-refractivity contribution in [2.45, 2.75) is 0 Å². The smallest absolute Gasteiger partial charge is 0.248 e. The number of benzene rings is 1. The van der Waals surface area contributed by atoms with Crippen molar-refractivity contribution in [3.05, 3.63) is 77.9 Å². The van der Waals surface area contributed by atoms with E-state index in [0.717, 1.165) is 0 Å². The Bertz CT molecular complexity index is 1430. The van der Waals surface area contributed by atoms with E-state index < -0.39 is 0 Å². The van der Waals surface area contributed by atoms with Crippen LogP contribution >= 0.6 is 11.6 Å². The zero-order valence-electron chi connectivity index (χ0n) is 17.2. The minimum absolute atomic E-state index is 0.290. The van der Waals surface area contributed by atoms with E-state index in [1.54, 1.807) is 60.5 Å². The summed E-state index contributed by atoms with van der Waals surface area (Å²) < 4.78 is 12.7. The molecule has 33 heavy (non-hydrogen) atoms. The van der Waals surface area contributed by atoms with Crippen molar-refractivity contribution in [2.75, 3.05) is 7.11 Å². The fourth-order valence-corrected chi connectivity index (χ4v) is 3.30. The standard InChI is InChI=1S/C22H15ClN8O2/c1-32-20-12-14(8-11-25-20)22-30-28-19(33-22)7-6-18-27-29-21(16-9-10-24-13-26-16)31(18)17-5-3-2-4-15(17)23/h2-13H,1H3. The van der Waals surface area contributed by atoms with Crippen LogP contribution in [0.1, 0.15) is 11.7 Å². The van der Waals surface area contributed by atoms with E-state index in [2.05, 4.69) is 35.3 Å². The van der Waals surface area contributed by atoms with Gasteiger partial charge >= 0.3 is 0 Å².